The molecule has 0 radical (unpaired) electrons. The molecule has 0 atom stereocenters. The van der Waals surface area contributed by atoms with E-state index in [9.17, 15) is 4.79 Å². The molecule has 0 unspecified atom stereocenters. The van der Waals surface area contributed by atoms with Gasteiger partial charge in [-0.25, -0.2) is 0 Å². The summed E-state index contributed by atoms with van der Waals surface area (Å²) in [6, 6.07) is 0. The molecule has 172 valence electrons. The van der Waals surface area contributed by atoms with E-state index in [1.54, 1.807) is 0 Å². The van der Waals surface area contributed by atoms with Gasteiger partial charge in [0.05, 0.1) is 11.5 Å². The second-order valence-corrected chi connectivity index (χ2v) is 9.78. The largest absolute Gasteiger partial charge is 0.463 e. The van der Waals surface area contributed by atoms with Gasteiger partial charge < -0.3 is 4.74 Å². The Bertz CT molecular complexity index is 412. The van der Waals surface area contributed by atoms with Crippen molar-refractivity contribution in [2.75, 3.05) is 0 Å². The van der Waals surface area contributed by atoms with E-state index in [1.807, 2.05) is 13.8 Å². The molecule has 0 heterocycles. The summed E-state index contributed by atoms with van der Waals surface area (Å²) in [5.41, 5.74) is -0.346. The second kappa shape index (κ2) is 16.9. The van der Waals surface area contributed by atoms with Gasteiger partial charge >= 0.3 is 5.97 Å². The lowest BCUT2D eigenvalue weighted by atomic mass is 9.66. The standard InChI is InChI=1S/C27H52O2/c1-8-9-10-11-12-13-14-15-16-17-18-19-20-21-22-27(23(2)3,24(4)5)26(28)29-25(6)7/h15-16,23-25H,8-14,17-22H2,1-7H3/b16-15-. The van der Waals surface area contributed by atoms with Crippen molar-refractivity contribution in [3.8, 4) is 0 Å². The third-order valence-corrected chi connectivity index (χ3v) is 6.39. The molecule has 0 N–H and O–H groups in total. The molecule has 0 aliphatic heterocycles. The zero-order valence-electron chi connectivity index (χ0n) is 20.9. The monoisotopic (exact) mass is 408 g/mol. The highest BCUT2D eigenvalue weighted by molar-refractivity contribution is 5.77. The van der Waals surface area contributed by atoms with Gasteiger partial charge in [-0.1, -0.05) is 98.1 Å². The summed E-state index contributed by atoms with van der Waals surface area (Å²) in [6.07, 6.45) is 21.2. The molecule has 0 aliphatic carbocycles. The number of esters is 1. The average molecular weight is 409 g/mol. The predicted molar refractivity (Wildman–Crippen MR) is 128 cm³/mol. The summed E-state index contributed by atoms with van der Waals surface area (Å²) < 4.78 is 5.66. The number of hydrogen-bond donors (Lipinski definition) is 0. The summed E-state index contributed by atoms with van der Waals surface area (Å²) in [6.45, 7) is 14.9. The zero-order chi connectivity index (χ0) is 22.1. The van der Waals surface area contributed by atoms with E-state index in [-0.39, 0.29) is 17.5 Å². The van der Waals surface area contributed by atoms with Gasteiger partial charge in [0.15, 0.2) is 0 Å². The lowest BCUT2D eigenvalue weighted by Gasteiger charge is -2.39. The molecule has 2 heteroatoms. The topological polar surface area (TPSA) is 26.3 Å². The highest BCUT2D eigenvalue weighted by Crippen LogP contribution is 2.42. The number of unbranched alkanes of at least 4 members (excludes halogenated alkanes) is 10. The SMILES string of the molecule is CCCCCCCC/C=C\CCCCCCC(C(=O)OC(C)C)(C(C)C)C(C)C. The van der Waals surface area contributed by atoms with E-state index in [2.05, 4.69) is 46.8 Å². The minimum atomic E-state index is -0.346. The summed E-state index contributed by atoms with van der Waals surface area (Å²) in [4.78, 5) is 12.9. The van der Waals surface area contributed by atoms with Crippen molar-refractivity contribution >= 4 is 5.97 Å². The van der Waals surface area contributed by atoms with Crippen molar-refractivity contribution in [2.24, 2.45) is 17.3 Å². The van der Waals surface area contributed by atoms with Crippen molar-refractivity contribution in [1.29, 1.82) is 0 Å². The van der Waals surface area contributed by atoms with E-state index in [1.165, 1.54) is 70.6 Å². The van der Waals surface area contributed by atoms with Crippen LogP contribution in [-0.2, 0) is 9.53 Å². The lowest BCUT2D eigenvalue weighted by molar-refractivity contribution is -0.167. The molecule has 0 aromatic heterocycles. The molecule has 0 spiro atoms. The fraction of sp³-hybridized carbons (Fsp3) is 0.889. The molecule has 0 fully saturated rings. The molecular formula is C27H52O2. The van der Waals surface area contributed by atoms with Crippen LogP contribution >= 0.6 is 0 Å². The first-order chi connectivity index (χ1) is 13.8. The normalized spacial score (nSPS) is 12.6. The van der Waals surface area contributed by atoms with Gasteiger partial charge in [0.25, 0.3) is 0 Å². The fourth-order valence-electron chi connectivity index (χ4n) is 4.45. The molecule has 0 aliphatic rings. The fourth-order valence-corrected chi connectivity index (χ4v) is 4.45. The Balaban J connectivity index is 4.07. The Labute approximate surface area is 183 Å². The van der Waals surface area contributed by atoms with Crippen LogP contribution in [0.15, 0.2) is 12.2 Å². The summed E-state index contributed by atoms with van der Waals surface area (Å²) in [5.74, 6) is 0.618. The number of rotatable bonds is 18. The van der Waals surface area contributed by atoms with E-state index in [4.69, 9.17) is 4.74 Å². The molecule has 0 rings (SSSR count). The number of carbonyl (C=O) groups excluding carboxylic acids is 1. The Kier molecular flexibility index (Phi) is 16.5. The average Bonchev–Trinajstić information content (AvgIpc) is 2.63. The highest BCUT2D eigenvalue weighted by Gasteiger charge is 2.45. The van der Waals surface area contributed by atoms with Crippen molar-refractivity contribution in [3.63, 3.8) is 0 Å². The molecule has 0 saturated carbocycles. The van der Waals surface area contributed by atoms with Crippen LogP contribution in [0.1, 0.15) is 132 Å². The highest BCUT2D eigenvalue weighted by atomic mass is 16.5. The molecule has 2 nitrogen and oxygen atoms in total. The first-order valence-corrected chi connectivity index (χ1v) is 12.6. The quantitative estimate of drug-likeness (QED) is 0.128. The maximum Gasteiger partial charge on any atom is 0.312 e. The molecule has 29 heavy (non-hydrogen) atoms. The smallest absolute Gasteiger partial charge is 0.312 e. The number of ether oxygens (including phenoxy) is 1. The summed E-state index contributed by atoms with van der Waals surface area (Å²) in [7, 11) is 0. The molecule has 0 bridgehead atoms. The van der Waals surface area contributed by atoms with Crippen molar-refractivity contribution in [2.45, 2.75) is 138 Å². The van der Waals surface area contributed by atoms with Crippen molar-refractivity contribution in [3.05, 3.63) is 12.2 Å². The van der Waals surface area contributed by atoms with Gasteiger partial charge in [0.2, 0.25) is 0 Å². The maximum atomic E-state index is 12.9. The summed E-state index contributed by atoms with van der Waals surface area (Å²) >= 11 is 0. The maximum absolute atomic E-state index is 12.9. The Morgan fingerprint density at radius 1 is 0.724 bits per heavy atom. The molecule has 0 amide bonds. The van der Waals surface area contributed by atoms with Crippen LogP contribution in [0, 0.1) is 17.3 Å². The van der Waals surface area contributed by atoms with Crippen LogP contribution in [0.3, 0.4) is 0 Å². The predicted octanol–water partition coefficient (Wildman–Crippen LogP) is 8.88. The number of allylic oxidation sites excluding steroid dienone is 2. The third kappa shape index (κ3) is 11.8. The van der Waals surface area contributed by atoms with Crippen LogP contribution in [0.5, 0.6) is 0 Å². The third-order valence-electron chi connectivity index (χ3n) is 6.39. The minimum absolute atomic E-state index is 0.00938. The van der Waals surface area contributed by atoms with Crippen LogP contribution in [-0.4, -0.2) is 12.1 Å². The van der Waals surface area contributed by atoms with E-state index < -0.39 is 0 Å². The molecule has 0 saturated heterocycles. The van der Waals surface area contributed by atoms with E-state index in [0.29, 0.717) is 11.8 Å². The number of hydrogen-bond acceptors (Lipinski definition) is 2. The van der Waals surface area contributed by atoms with Crippen molar-refractivity contribution < 1.29 is 9.53 Å². The Morgan fingerprint density at radius 3 is 1.62 bits per heavy atom. The van der Waals surface area contributed by atoms with Gasteiger partial charge in [-0.2, -0.15) is 0 Å². The van der Waals surface area contributed by atoms with Crippen LogP contribution in [0.25, 0.3) is 0 Å². The van der Waals surface area contributed by atoms with Gasteiger partial charge in [0, 0.05) is 0 Å². The number of carbonyl (C=O) groups is 1. The van der Waals surface area contributed by atoms with E-state index >= 15 is 0 Å². The first kappa shape index (κ1) is 28.2. The van der Waals surface area contributed by atoms with Gasteiger partial charge in [0.1, 0.15) is 0 Å². The lowest BCUT2D eigenvalue weighted by Crippen LogP contribution is -2.43. The Morgan fingerprint density at radius 2 is 1.17 bits per heavy atom. The van der Waals surface area contributed by atoms with E-state index in [0.717, 1.165) is 12.8 Å². The van der Waals surface area contributed by atoms with Crippen molar-refractivity contribution in [1.82, 2.24) is 0 Å². The van der Waals surface area contributed by atoms with Gasteiger partial charge in [-0.15, -0.1) is 0 Å². The minimum Gasteiger partial charge on any atom is -0.463 e. The van der Waals surface area contributed by atoms with Gasteiger partial charge in [-0.3, -0.25) is 4.79 Å². The first-order valence-electron chi connectivity index (χ1n) is 12.6. The van der Waals surface area contributed by atoms with Crippen LogP contribution in [0.4, 0.5) is 0 Å². The second-order valence-electron chi connectivity index (χ2n) is 9.78. The summed E-state index contributed by atoms with van der Waals surface area (Å²) in [5, 5.41) is 0. The molecular weight excluding hydrogens is 356 g/mol. The van der Waals surface area contributed by atoms with Crippen LogP contribution in [0.2, 0.25) is 0 Å². The zero-order valence-corrected chi connectivity index (χ0v) is 20.9. The molecule has 0 aromatic carbocycles. The molecule has 0 aromatic rings. The van der Waals surface area contributed by atoms with Crippen LogP contribution < -0.4 is 0 Å². The van der Waals surface area contributed by atoms with Gasteiger partial charge in [-0.05, 0) is 57.8 Å². The Hall–Kier alpha value is -0.790.